The standard InChI is InChI=1S/C21H21ClN4O2/c1-2-28-21(27)17-5-3-4-6-18(17)26-20-13-19(24-14-25-20)23-12-11-15-7-9-16(22)10-8-15/h3-10,13-14H,2,11-12H2,1H3,(H2,23,24,25,26). The minimum absolute atomic E-state index is 0.322. The molecule has 0 aliphatic rings. The van der Waals surface area contributed by atoms with E-state index in [2.05, 4.69) is 20.6 Å². The van der Waals surface area contributed by atoms with Gasteiger partial charge in [0.1, 0.15) is 18.0 Å². The molecule has 0 saturated heterocycles. The van der Waals surface area contributed by atoms with Gasteiger partial charge in [0.05, 0.1) is 17.9 Å². The van der Waals surface area contributed by atoms with Crippen molar-refractivity contribution in [1.29, 1.82) is 0 Å². The van der Waals surface area contributed by atoms with E-state index in [0.29, 0.717) is 29.5 Å². The Morgan fingerprint density at radius 2 is 1.82 bits per heavy atom. The first-order valence-corrected chi connectivity index (χ1v) is 9.37. The summed E-state index contributed by atoms with van der Waals surface area (Å²) in [5.74, 6) is 0.904. The van der Waals surface area contributed by atoms with Gasteiger partial charge in [-0.2, -0.15) is 0 Å². The monoisotopic (exact) mass is 396 g/mol. The second kappa shape index (κ2) is 9.71. The number of hydrogen-bond acceptors (Lipinski definition) is 6. The number of benzene rings is 2. The lowest BCUT2D eigenvalue weighted by atomic mass is 10.1. The number of carbonyl (C=O) groups excluding carboxylic acids is 1. The molecule has 28 heavy (non-hydrogen) atoms. The molecule has 3 rings (SSSR count). The van der Waals surface area contributed by atoms with E-state index >= 15 is 0 Å². The number of halogens is 1. The number of anilines is 3. The lowest BCUT2D eigenvalue weighted by Gasteiger charge is -2.12. The van der Waals surface area contributed by atoms with E-state index in [-0.39, 0.29) is 5.97 Å². The maximum Gasteiger partial charge on any atom is 0.340 e. The molecular formula is C21H21ClN4O2. The first-order chi connectivity index (χ1) is 13.7. The summed E-state index contributed by atoms with van der Waals surface area (Å²) in [7, 11) is 0. The van der Waals surface area contributed by atoms with Crippen LogP contribution in [0.1, 0.15) is 22.8 Å². The molecule has 0 atom stereocenters. The van der Waals surface area contributed by atoms with Crippen molar-refractivity contribution in [3.05, 3.63) is 77.1 Å². The van der Waals surface area contributed by atoms with Gasteiger partial charge in [0.2, 0.25) is 0 Å². The molecule has 1 aromatic heterocycles. The molecule has 2 N–H and O–H groups in total. The summed E-state index contributed by atoms with van der Waals surface area (Å²) < 4.78 is 5.10. The van der Waals surface area contributed by atoms with E-state index in [9.17, 15) is 4.79 Å². The zero-order valence-corrected chi connectivity index (χ0v) is 16.2. The highest BCUT2D eigenvalue weighted by Crippen LogP contribution is 2.21. The highest BCUT2D eigenvalue weighted by atomic mass is 35.5. The molecule has 0 spiro atoms. The summed E-state index contributed by atoms with van der Waals surface area (Å²) in [6, 6.07) is 16.7. The Morgan fingerprint density at radius 1 is 1.07 bits per heavy atom. The Bertz CT molecular complexity index is 932. The molecule has 0 aliphatic carbocycles. The van der Waals surface area contributed by atoms with Crippen LogP contribution in [0.4, 0.5) is 17.3 Å². The Morgan fingerprint density at radius 3 is 2.61 bits per heavy atom. The maximum atomic E-state index is 12.1. The van der Waals surface area contributed by atoms with Crippen molar-refractivity contribution in [2.24, 2.45) is 0 Å². The third-order valence-electron chi connectivity index (χ3n) is 3.99. The van der Waals surface area contributed by atoms with Gasteiger partial charge in [0, 0.05) is 17.6 Å². The van der Waals surface area contributed by atoms with E-state index < -0.39 is 0 Å². The smallest absolute Gasteiger partial charge is 0.340 e. The van der Waals surface area contributed by atoms with Crippen LogP contribution in [0.5, 0.6) is 0 Å². The van der Waals surface area contributed by atoms with Gasteiger partial charge in [-0.15, -0.1) is 0 Å². The van der Waals surface area contributed by atoms with Crippen molar-refractivity contribution < 1.29 is 9.53 Å². The van der Waals surface area contributed by atoms with Crippen LogP contribution in [0, 0.1) is 0 Å². The molecule has 6 nitrogen and oxygen atoms in total. The number of esters is 1. The van der Waals surface area contributed by atoms with Crippen LogP contribution in [-0.4, -0.2) is 29.1 Å². The molecule has 0 aliphatic heterocycles. The van der Waals surface area contributed by atoms with Crippen molar-refractivity contribution >= 4 is 34.9 Å². The van der Waals surface area contributed by atoms with Crippen molar-refractivity contribution in [1.82, 2.24) is 9.97 Å². The molecule has 0 fully saturated rings. The van der Waals surface area contributed by atoms with Gasteiger partial charge in [-0.05, 0) is 43.2 Å². The van der Waals surface area contributed by atoms with Gasteiger partial charge < -0.3 is 15.4 Å². The second-order valence-electron chi connectivity index (χ2n) is 5.98. The number of para-hydroxylation sites is 1. The van der Waals surface area contributed by atoms with Crippen LogP contribution in [0.2, 0.25) is 5.02 Å². The van der Waals surface area contributed by atoms with E-state index in [1.165, 1.54) is 11.9 Å². The van der Waals surface area contributed by atoms with Gasteiger partial charge in [0.25, 0.3) is 0 Å². The zero-order valence-electron chi connectivity index (χ0n) is 15.5. The third-order valence-corrected chi connectivity index (χ3v) is 4.24. The van der Waals surface area contributed by atoms with Crippen LogP contribution >= 0.6 is 11.6 Å². The van der Waals surface area contributed by atoms with Crippen LogP contribution in [0.15, 0.2) is 60.9 Å². The zero-order chi connectivity index (χ0) is 19.8. The average Bonchev–Trinajstić information content (AvgIpc) is 2.70. The SMILES string of the molecule is CCOC(=O)c1ccccc1Nc1cc(NCCc2ccc(Cl)cc2)ncn1. The molecule has 2 aromatic carbocycles. The fourth-order valence-electron chi connectivity index (χ4n) is 2.63. The van der Waals surface area contributed by atoms with Crippen LogP contribution in [0.25, 0.3) is 0 Å². The predicted molar refractivity (Wildman–Crippen MR) is 111 cm³/mol. The lowest BCUT2D eigenvalue weighted by Crippen LogP contribution is -2.09. The van der Waals surface area contributed by atoms with E-state index in [4.69, 9.17) is 16.3 Å². The van der Waals surface area contributed by atoms with E-state index in [1.807, 2.05) is 36.4 Å². The molecule has 0 bridgehead atoms. The Hall–Kier alpha value is -3.12. The minimum atomic E-state index is -0.374. The number of nitrogens with zero attached hydrogens (tertiary/aromatic N) is 2. The number of carbonyl (C=O) groups is 1. The number of hydrogen-bond donors (Lipinski definition) is 2. The predicted octanol–water partition coefficient (Wildman–Crippen LogP) is 4.70. The summed E-state index contributed by atoms with van der Waals surface area (Å²) in [4.78, 5) is 20.6. The molecule has 0 amide bonds. The van der Waals surface area contributed by atoms with Gasteiger partial charge in [-0.3, -0.25) is 0 Å². The average molecular weight is 397 g/mol. The Balaban J connectivity index is 1.64. The highest BCUT2D eigenvalue weighted by Gasteiger charge is 2.12. The van der Waals surface area contributed by atoms with E-state index in [1.54, 1.807) is 25.1 Å². The number of aromatic nitrogens is 2. The fraction of sp³-hybridized carbons (Fsp3) is 0.190. The van der Waals surface area contributed by atoms with Crippen molar-refractivity contribution in [3.8, 4) is 0 Å². The van der Waals surface area contributed by atoms with E-state index in [0.717, 1.165) is 18.0 Å². The van der Waals surface area contributed by atoms with Crippen molar-refractivity contribution in [2.75, 3.05) is 23.8 Å². The molecule has 3 aromatic rings. The summed E-state index contributed by atoms with van der Waals surface area (Å²) >= 11 is 5.91. The first-order valence-electron chi connectivity index (χ1n) is 8.99. The normalized spacial score (nSPS) is 10.4. The molecule has 0 saturated carbocycles. The number of nitrogens with one attached hydrogen (secondary N) is 2. The van der Waals surface area contributed by atoms with Gasteiger partial charge in [-0.1, -0.05) is 35.9 Å². The second-order valence-corrected chi connectivity index (χ2v) is 6.42. The van der Waals surface area contributed by atoms with Crippen molar-refractivity contribution in [2.45, 2.75) is 13.3 Å². The molecule has 144 valence electrons. The summed E-state index contributed by atoms with van der Waals surface area (Å²) in [6.07, 6.45) is 2.32. The van der Waals surface area contributed by atoms with Crippen LogP contribution in [-0.2, 0) is 11.2 Å². The highest BCUT2D eigenvalue weighted by molar-refractivity contribution is 6.30. The molecule has 0 unspecified atom stereocenters. The summed E-state index contributed by atoms with van der Waals surface area (Å²) in [5, 5.41) is 7.16. The van der Waals surface area contributed by atoms with Crippen LogP contribution in [0.3, 0.4) is 0 Å². The van der Waals surface area contributed by atoms with Gasteiger partial charge >= 0.3 is 5.97 Å². The Labute approximate surface area is 168 Å². The minimum Gasteiger partial charge on any atom is -0.462 e. The number of rotatable bonds is 8. The fourth-order valence-corrected chi connectivity index (χ4v) is 2.75. The lowest BCUT2D eigenvalue weighted by molar-refractivity contribution is 0.0527. The molecule has 1 heterocycles. The Kier molecular flexibility index (Phi) is 6.81. The number of ether oxygens (including phenoxy) is 1. The maximum absolute atomic E-state index is 12.1. The topological polar surface area (TPSA) is 76.1 Å². The van der Waals surface area contributed by atoms with Gasteiger partial charge in [0.15, 0.2) is 0 Å². The quantitative estimate of drug-likeness (QED) is 0.537. The molecular weight excluding hydrogens is 376 g/mol. The van der Waals surface area contributed by atoms with Crippen molar-refractivity contribution in [3.63, 3.8) is 0 Å². The summed E-state index contributed by atoms with van der Waals surface area (Å²) in [6.45, 7) is 2.82. The first kappa shape index (κ1) is 19.6. The molecule has 0 radical (unpaired) electrons. The third kappa shape index (κ3) is 5.44. The van der Waals surface area contributed by atoms with Crippen LogP contribution < -0.4 is 10.6 Å². The summed E-state index contributed by atoms with van der Waals surface area (Å²) in [5.41, 5.74) is 2.28. The molecule has 7 heteroatoms. The van der Waals surface area contributed by atoms with Gasteiger partial charge in [-0.25, -0.2) is 14.8 Å². The largest absolute Gasteiger partial charge is 0.462 e.